The molecule has 0 spiro atoms. The molecule has 6 rings (SSSR count). The summed E-state index contributed by atoms with van der Waals surface area (Å²) < 4.78 is 1.53. The third kappa shape index (κ3) is 2.88. The summed E-state index contributed by atoms with van der Waals surface area (Å²) in [7, 11) is 0. The first-order chi connectivity index (χ1) is 13.0. The average Bonchev–Trinajstić information content (AvgIpc) is 2.63. The summed E-state index contributed by atoms with van der Waals surface area (Å²) in [5, 5.41) is 3.26. The fourth-order valence-electron chi connectivity index (χ4n) is 6.57. The smallest absolute Gasteiger partial charge is 0.269 e. The van der Waals surface area contributed by atoms with Gasteiger partial charge in [0.25, 0.3) is 5.56 Å². The minimum Gasteiger partial charge on any atom is -0.352 e. The van der Waals surface area contributed by atoms with Gasteiger partial charge in [0.2, 0.25) is 5.91 Å². The molecule has 1 atom stereocenters. The lowest BCUT2D eigenvalue weighted by atomic mass is 9.48. The predicted molar refractivity (Wildman–Crippen MR) is 104 cm³/mol. The van der Waals surface area contributed by atoms with Crippen LogP contribution >= 0.6 is 0 Å². The largest absolute Gasteiger partial charge is 0.352 e. The van der Waals surface area contributed by atoms with Crippen LogP contribution in [-0.4, -0.2) is 21.5 Å². The molecule has 1 aromatic heterocycles. The van der Waals surface area contributed by atoms with E-state index in [1.54, 1.807) is 0 Å². The minimum atomic E-state index is -0.230. The van der Waals surface area contributed by atoms with Crippen LogP contribution in [0.2, 0.25) is 0 Å². The highest BCUT2D eigenvalue weighted by atomic mass is 16.2. The topological polar surface area (TPSA) is 64.0 Å². The number of hydrogen-bond donors (Lipinski definition) is 1. The highest BCUT2D eigenvalue weighted by Gasteiger charge is 2.53. The van der Waals surface area contributed by atoms with E-state index < -0.39 is 0 Å². The summed E-state index contributed by atoms with van der Waals surface area (Å²) in [4.78, 5) is 29.3. The SMILES string of the molecule is C[C@@H](NC(=O)Cn1c(=O)cnc2ccccc21)C12CC3CC(CC(C3)C1)C2. The van der Waals surface area contributed by atoms with Gasteiger partial charge in [-0.25, -0.2) is 4.98 Å². The zero-order chi connectivity index (χ0) is 18.6. The van der Waals surface area contributed by atoms with Gasteiger partial charge in [-0.1, -0.05) is 12.1 Å². The molecule has 1 amide bonds. The molecule has 4 bridgehead atoms. The number of aromatic nitrogens is 2. The summed E-state index contributed by atoms with van der Waals surface area (Å²) in [6.45, 7) is 2.23. The zero-order valence-corrected chi connectivity index (χ0v) is 15.9. The van der Waals surface area contributed by atoms with Crippen molar-refractivity contribution >= 4 is 16.9 Å². The first-order valence-electron chi connectivity index (χ1n) is 10.3. The standard InChI is InChI=1S/C22H27N3O2/c1-14(22-9-15-6-16(10-22)8-17(7-15)11-22)24-20(26)13-25-19-5-3-2-4-18(19)23-12-21(25)27/h2-5,12,14-17H,6-11,13H2,1H3,(H,24,26)/t14-,15?,16?,17?,22?/m1/s1. The molecule has 5 heteroatoms. The first-order valence-corrected chi connectivity index (χ1v) is 10.3. The first kappa shape index (κ1) is 17.0. The molecule has 5 nitrogen and oxygen atoms in total. The monoisotopic (exact) mass is 365 g/mol. The number of carbonyl (C=O) groups is 1. The molecule has 0 aliphatic heterocycles. The maximum atomic E-state index is 12.8. The Labute approximate surface area is 159 Å². The maximum Gasteiger partial charge on any atom is 0.269 e. The van der Waals surface area contributed by atoms with E-state index in [1.165, 1.54) is 49.3 Å². The van der Waals surface area contributed by atoms with Crippen molar-refractivity contribution in [2.75, 3.05) is 0 Å². The molecule has 1 heterocycles. The van der Waals surface area contributed by atoms with Gasteiger partial charge < -0.3 is 5.32 Å². The van der Waals surface area contributed by atoms with Crippen LogP contribution in [0.3, 0.4) is 0 Å². The van der Waals surface area contributed by atoms with E-state index in [9.17, 15) is 9.59 Å². The highest BCUT2D eigenvalue weighted by Crippen LogP contribution is 2.61. The van der Waals surface area contributed by atoms with Gasteiger partial charge in [0, 0.05) is 6.04 Å². The second-order valence-corrected chi connectivity index (χ2v) is 9.24. The number of fused-ring (bicyclic) bond motifs is 1. The van der Waals surface area contributed by atoms with Crippen LogP contribution in [0.4, 0.5) is 0 Å². The fourth-order valence-corrected chi connectivity index (χ4v) is 6.57. The van der Waals surface area contributed by atoms with Crippen molar-refractivity contribution in [2.24, 2.45) is 23.2 Å². The Kier molecular flexibility index (Phi) is 3.88. The van der Waals surface area contributed by atoms with Gasteiger partial charge in [0.15, 0.2) is 0 Å². The normalized spacial score (nSPS) is 32.6. The Morgan fingerprint density at radius 1 is 1.19 bits per heavy atom. The van der Waals surface area contributed by atoms with E-state index in [4.69, 9.17) is 0 Å². The molecule has 142 valence electrons. The second-order valence-electron chi connectivity index (χ2n) is 9.24. The van der Waals surface area contributed by atoms with E-state index >= 15 is 0 Å². The lowest BCUT2D eigenvalue weighted by Crippen LogP contribution is -2.56. The van der Waals surface area contributed by atoms with Crippen molar-refractivity contribution in [3.63, 3.8) is 0 Å². The van der Waals surface area contributed by atoms with E-state index in [1.807, 2.05) is 24.3 Å². The van der Waals surface area contributed by atoms with Crippen molar-refractivity contribution in [3.05, 3.63) is 40.8 Å². The van der Waals surface area contributed by atoms with Crippen LogP contribution in [0.15, 0.2) is 35.3 Å². The Balaban J connectivity index is 1.34. The Hall–Kier alpha value is -2.17. The summed E-state index contributed by atoms with van der Waals surface area (Å²) >= 11 is 0. The van der Waals surface area contributed by atoms with Gasteiger partial charge in [0.1, 0.15) is 6.54 Å². The third-order valence-electron chi connectivity index (χ3n) is 7.44. The van der Waals surface area contributed by atoms with Gasteiger partial charge in [-0.15, -0.1) is 0 Å². The van der Waals surface area contributed by atoms with Crippen molar-refractivity contribution in [2.45, 2.75) is 58.0 Å². The van der Waals surface area contributed by atoms with E-state index in [0.29, 0.717) is 5.52 Å². The second kappa shape index (κ2) is 6.18. The van der Waals surface area contributed by atoms with Crippen LogP contribution in [-0.2, 0) is 11.3 Å². The molecule has 2 aromatic rings. The van der Waals surface area contributed by atoms with Gasteiger partial charge in [-0.05, 0) is 80.8 Å². The molecular formula is C22H27N3O2. The summed E-state index contributed by atoms with van der Waals surface area (Å²) in [5.74, 6) is 2.52. The molecule has 27 heavy (non-hydrogen) atoms. The molecule has 4 saturated carbocycles. The van der Waals surface area contributed by atoms with E-state index in [2.05, 4.69) is 17.2 Å². The number of benzene rings is 1. The number of rotatable bonds is 4. The lowest BCUT2D eigenvalue weighted by molar-refractivity contribution is -0.126. The van der Waals surface area contributed by atoms with Crippen LogP contribution < -0.4 is 10.9 Å². The van der Waals surface area contributed by atoms with Crippen molar-refractivity contribution in [1.82, 2.24) is 14.9 Å². The van der Waals surface area contributed by atoms with Crippen molar-refractivity contribution in [1.29, 1.82) is 0 Å². The average molecular weight is 365 g/mol. The van der Waals surface area contributed by atoms with Gasteiger partial charge in [-0.2, -0.15) is 0 Å². The third-order valence-corrected chi connectivity index (χ3v) is 7.44. The molecule has 0 radical (unpaired) electrons. The Bertz CT molecular complexity index is 913. The van der Waals surface area contributed by atoms with E-state index in [0.717, 1.165) is 23.3 Å². The van der Waals surface area contributed by atoms with Crippen LogP contribution in [0.5, 0.6) is 0 Å². The number of para-hydroxylation sites is 2. The number of carbonyl (C=O) groups excluding carboxylic acids is 1. The van der Waals surface area contributed by atoms with Gasteiger partial charge >= 0.3 is 0 Å². The molecular weight excluding hydrogens is 338 g/mol. The Morgan fingerprint density at radius 3 is 2.48 bits per heavy atom. The molecule has 4 aliphatic carbocycles. The molecule has 4 fully saturated rings. The van der Waals surface area contributed by atoms with Crippen LogP contribution in [0.1, 0.15) is 45.4 Å². The fraction of sp³-hybridized carbons (Fsp3) is 0.591. The number of amides is 1. The summed E-state index contributed by atoms with van der Waals surface area (Å²) in [6, 6.07) is 7.64. The molecule has 4 aliphatic rings. The van der Waals surface area contributed by atoms with Crippen LogP contribution in [0.25, 0.3) is 11.0 Å². The number of nitrogens with zero attached hydrogens (tertiary/aromatic N) is 2. The predicted octanol–water partition coefficient (Wildman–Crippen LogP) is 3.12. The molecule has 0 saturated heterocycles. The summed E-state index contributed by atoms with van der Waals surface area (Å²) in [6.07, 6.45) is 9.29. The zero-order valence-electron chi connectivity index (χ0n) is 15.9. The quantitative estimate of drug-likeness (QED) is 0.905. The molecule has 1 N–H and O–H groups in total. The molecule has 1 aromatic carbocycles. The molecule has 0 unspecified atom stereocenters. The summed E-state index contributed by atoms with van der Waals surface area (Å²) in [5.41, 5.74) is 1.49. The Morgan fingerprint density at radius 2 is 1.81 bits per heavy atom. The highest BCUT2D eigenvalue weighted by molar-refractivity contribution is 5.80. The lowest BCUT2D eigenvalue weighted by Gasteiger charge is -2.59. The maximum absolute atomic E-state index is 12.8. The van der Waals surface area contributed by atoms with Gasteiger partial charge in [0.05, 0.1) is 17.2 Å². The minimum absolute atomic E-state index is 0.0541. The van der Waals surface area contributed by atoms with Crippen LogP contribution in [0, 0.1) is 23.2 Å². The number of nitrogens with one attached hydrogen (secondary N) is 1. The van der Waals surface area contributed by atoms with E-state index in [-0.39, 0.29) is 29.5 Å². The van der Waals surface area contributed by atoms with Crippen molar-refractivity contribution < 1.29 is 4.79 Å². The number of hydrogen-bond acceptors (Lipinski definition) is 3. The van der Waals surface area contributed by atoms with Gasteiger partial charge in [-0.3, -0.25) is 14.2 Å². The van der Waals surface area contributed by atoms with Crippen molar-refractivity contribution in [3.8, 4) is 0 Å².